The van der Waals surface area contributed by atoms with Crippen LogP contribution in [0.5, 0.6) is 0 Å². The smallest absolute Gasteiger partial charge is 0.283 e. The summed E-state index contributed by atoms with van der Waals surface area (Å²) in [5.41, 5.74) is 3.90. The topological polar surface area (TPSA) is 55.2 Å². The van der Waals surface area contributed by atoms with Gasteiger partial charge in [0.1, 0.15) is 0 Å². The van der Waals surface area contributed by atoms with Crippen LogP contribution in [-0.4, -0.2) is 11.5 Å². The van der Waals surface area contributed by atoms with Crippen LogP contribution in [0.2, 0.25) is 0 Å². The molecule has 0 heterocycles. The predicted molar refractivity (Wildman–Crippen MR) is 85.4 cm³/mol. The first-order valence-corrected chi connectivity index (χ1v) is 7.66. The Bertz CT molecular complexity index is 688. The minimum Gasteiger partial charge on any atom is -0.312 e. The van der Waals surface area contributed by atoms with Crippen molar-refractivity contribution >= 4 is 21.6 Å². The molecule has 0 saturated heterocycles. The molecule has 4 nitrogen and oxygen atoms in total. The van der Waals surface area contributed by atoms with Crippen molar-refractivity contribution in [2.75, 3.05) is 6.54 Å². The second-order valence-electron chi connectivity index (χ2n) is 5.27. The minimum atomic E-state index is -0.365. The molecule has 1 aliphatic carbocycles. The van der Waals surface area contributed by atoms with Crippen LogP contribution in [0.25, 0.3) is 0 Å². The highest BCUT2D eigenvalue weighted by Crippen LogP contribution is 2.34. The summed E-state index contributed by atoms with van der Waals surface area (Å²) < 4.78 is 0.518. The summed E-state index contributed by atoms with van der Waals surface area (Å²) in [5, 5.41) is 14.3. The number of nitrogens with one attached hydrogen (secondary N) is 1. The van der Waals surface area contributed by atoms with Gasteiger partial charge in [-0.05, 0) is 45.1 Å². The van der Waals surface area contributed by atoms with E-state index in [4.69, 9.17) is 0 Å². The average Bonchev–Trinajstić information content (AvgIpc) is 2.45. The molecule has 2 aromatic carbocycles. The fourth-order valence-corrected chi connectivity index (χ4v) is 3.14. The Morgan fingerprint density at radius 2 is 2.10 bits per heavy atom. The molecule has 108 valence electrons. The van der Waals surface area contributed by atoms with Crippen molar-refractivity contribution in [3.63, 3.8) is 0 Å². The van der Waals surface area contributed by atoms with Crippen molar-refractivity contribution in [1.29, 1.82) is 0 Å². The Kier molecular flexibility index (Phi) is 4.03. The quantitative estimate of drug-likeness (QED) is 0.661. The zero-order chi connectivity index (χ0) is 14.8. The second-order valence-corrected chi connectivity index (χ2v) is 6.13. The summed E-state index contributed by atoms with van der Waals surface area (Å²) in [4.78, 5) is 10.5. The standard InChI is InChI=1S/C16H15BrN2O2/c17-15-6-5-11(7-16(15)19(20)21)9-18-10-13-8-12-3-1-2-4-14(12)13/h1-7,13,18H,8-10H2. The van der Waals surface area contributed by atoms with Crippen LogP contribution >= 0.6 is 15.9 Å². The molecule has 1 atom stereocenters. The van der Waals surface area contributed by atoms with Crippen molar-refractivity contribution in [3.8, 4) is 0 Å². The van der Waals surface area contributed by atoms with E-state index in [0.717, 1.165) is 18.5 Å². The van der Waals surface area contributed by atoms with Crippen LogP contribution in [0.3, 0.4) is 0 Å². The number of hydrogen-bond acceptors (Lipinski definition) is 3. The van der Waals surface area contributed by atoms with E-state index in [9.17, 15) is 10.1 Å². The van der Waals surface area contributed by atoms with Gasteiger partial charge in [-0.1, -0.05) is 30.3 Å². The summed E-state index contributed by atoms with van der Waals surface area (Å²) in [7, 11) is 0. The van der Waals surface area contributed by atoms with Gasteiger partial charge in [0.2, 0.25) is 0 Å². The van der Waals surface area contributed by atoms with Crippen molar-refractivity contribution in [2.24, 2.45) is 0 Å². The largest absolute Gasteiger partial charge is 0.312 e. The second kappa shape index (κ2) is 5.95. The number of nitro benzene ring substituents is 1. The predicted octanol–water partition coefficient (Wildman–Crippen LogP) is 3.79. The van der Waals surface area contributed by atoms with E-state index in [1.807, 2.05) is 6.07 Å². The molecule has 5 heteroatoms. The number of nitro groups is 1. The van der Waals surface area contributed by atoms with E-state index in [0.29, 0.717) is 16.9 Å². The SMILES string of the molecule is O=[N+]([O-])c1cc(CNCC2Cc3ccccc32)ccc1Br. The lowest BCUT2D eigenvalue weighted by molar-refractivity contribution is -0.385. The monoisotopic (exact) mass is 346 g/mol. The molecule has 0 spiro atoms. The van der Waals surface area contributed by atoms with E-state index in [-0.39, 0.29) is 10.6 Å². The number of halogens is 1. The fourth-order valence-electron chi connectivity index (χ4n) is 2.74. The van der Waals surface area contributed by atoms with Gasteiger partial charge in [-0.2, -0.15) is 0 Å². The van der Waals surface area contributed by atoms with Crippen LogP contribution in [0.1, 0.15) is 22.6 Å². The maximum atomic E-state index is 10.9. The highest BCUT2D eigenvalue weighted by atomic mass is 79.9. The molecule has 0 aliphatic heterocycles. The third-order valence-electron chi connectivity index (χ3n) is 3.89. The molecular weight excluding hydrogens is 332 g/mol. The van der Waals surface area contributed by atoms with E-state index in [1.54, 1.807) is 12.1 Å². The molecule has 2 aromatic rings. The first-order valence-electron chi connectivity index (χ1n) is 6.86. The number of nitrogens with zero attached hydrogens (tertiary/aromatic N) is 1. The van der Waals surface area contributed by atoms with E-state index < -0.39 is 0 Å². The molecule has 0 fully saturated rings. The molecule has 0 radical (unpaired) electrons. The zero-order valence-corrected chi connectivity index (χ0v) is 13.0. The van der Waals surface area contributed by atoms with Gasteiger partial charge in [0, 0.05) is 25.1 Å². The van der Waals surface area contributed by atoms with Gasteiger partial charge in [0.15, 0.2) is 0 Å². The minimum absolute atomic E-state index is 0.114. The van der Waals surface area contributed by atoms with Crippen LogP contribution in [0, 0.1) is 10.1 Å². The van der Waals surface area contributed by atoms with E-state index in [2.05, 4.69) is 45.5 Å². The molecule has 0 saturated carbocycles. The molecule has 0 bridgehead atoms. The summed E-state index contributed by atoms with van der Waals surface area (Å²) in [5.74, 6) is 0.562. The van der Waals surface area contributed by atoms with Crippen molar-refractivity contribution in [2.45, 2.75) is 18.9 Å². The summed E-state index contributed by atoms with van der Waals surface area (Å²) >= 11 is 3.20. The number of fused-ring (bicyclic) bond motifs is 1. The van der Waals surface area contributed by atoms with Crippen LogP contribution in [0.15, 0.2) is 46.9 Å². The molecule has 0 amide bonds. The van der Waals surface area contributed by atoms with Gasteiger partial charge in [0.25, 0.3) is 5.69 Å². The summed E-state index contributed by atoms with van der Waals surface area (Å²) in [6, 6.07) is 13.7. The van der Waals surface area contributed by atoms with Crippen LogP contribution in [-0.2, 0) is 13.0 Å². The van der Waals surface area contributed by atoms with Crippen LogP contribution < -0.4 is 5.32 Å². The van der Waals surface area contributed by atoms with Gasteiger partial charge >= 0.3 is 0 Å². The van der Waals surface area contributed by atoms with Gasteiger partial charge in [0.05, 0.1) is 9.40 Å². The lowest BCUT2D eigenvalue weighted by Crippen LogP contribution is -2.28. The lowest BCUT2D eigenvalue weighted by Gasteiger charge is -2.30. The van der Waals surface area contributed by atoms with Crippen molar-refractivity contribution in [3.05, 3.63) is 73.7 Å². The van der Waals surface area contributed by atoms with Crippen LogP contribution in [0.4, 0.5) is 5.69 Å². The van der Waals surface area contributed by atoms with E-state index >= 15 is 0 Å². The average molecular weight is 347 g/mol. The molecule has 3 rings (SSSR count). The molecular formula is C16H15BrN2O2. The van der Waals surface area contributed by atoms with Crippen molar-refractivity contribution in [1.82, 2.24) is 5.32 Å². The first kappa shape index (κ1) is 14.2. The number of benzene rings is 2. The Balaban J connectivity index is 1.57. The fraction of sp³-hybridized carbons (Fsp3) is 0.250. The van der Waals surface area contributed by atoms with Crippen molar-refractivity contribution < 1.29 is 4.92 Å². The number of hydrogen-bond donors (Lipinski definition) is 1. The first-order chi connectivity index (χ1) is 10.1. The molecule has 21 heavy (non-hydrogen) atoms. The summed E-state index contributed by atoms with van der Waals surface area (Å²) in [6.45, 7) is 1.55. The van der Waals surface area contributed by atoms with E-state index in [1.165, 1.54) is 11.1 Å². The zero-order valence-electron chi connectivity index (χ0n) is 11.4. The Labute approximate surface area is 131 Å². The Hall–Kier alpha value is -1.72. The third-order valence-corrected chi connectivity index (χ3v) is 4.56. The summed E-state index contributed by atoms with van der Waals surface area (Å²) in [6.07, 6.45) is 1.11. The highest BCUT2D eigenvalue weighted by Gasteiger charge is 2.24. The highest BCUT2D eigenvalue weighted by molar-refractivity contribution is 9.10. The molecule has 1 aliphatic rings. The Morgan fingerprint density at radius 3 is 2.86 bits per heavy atom. The molecule has 0 aromatic heterocycles. The molecule has 1 unspecified atom stereocenters. The Morgan fingerprint density at radius 1 is 1.29 bits per heavy atom. The maximum Gasteiger partial charge on any atom is 0.283 e. The lowest BCUT2D eigenvalue weighted by atomic mass is 9.77. The van der Waals surface area contributed by atoms with Gasteiger partial charge < -0.3 is 5.32 Å². The number of rotatable bonds is 5. The normalized spacial score (nSPS) is 16.1. The van der Waals surface area contributed by atoms with Gasteiger partial charge in [-0.15, -0.1) is 0 Å². The third kappa shape index (κ3) is 2.99. The maximum absolute atomic E-state index is 10.9. The van der Waals surface area contributed by atoms with Gasteiger partial charge in [-0.3, -0.25) is 10.1 Å². The van der Waals surface area contributed by atoms with Gasteiger partial charge in [-0.25, -0.2) is 0 Å². The molecule has 1 N–H and O–H groups in total.